The van der Waals surface area contributed by atoms with Crippen molar-refractivity contribution >= 4 is 74.7 Å². The summed E-state index contributed by atoms with van der Waals surface area (Å²) in [5.41, 5.74) is 4.68. The van der Waals surface area contributed by atoms with Gasteiger partial charge in [-0.1, -0.05) is 11.8 Å². The first-order chi connectivity index (χ1) is 24.2. The number of fused-ring (bicyclic) bond motifs is 1. The maximum absolute atomic E-state index is 13.9. The van der Waals surface area contributed by atoms with Gasteiger partial charge in [0.25, 0.3) is 17.4 Å². The van der Waals surface area contributed by atoms with Crippen molar-refractivity contribution in [1.29, 1.82) is 0 Å². The van der Waals surface area contributed by atoms with Crippen LogP contribution in [-0.2, 0) is 31.5 Å². The van der Waals surface area contributed by atoms with Gasteiger partial charge in [0.1, 0.15) is 22.9 Å². The van der Waals surface area contributed by atoms with Crippen LogP contribution in [0, 0.1) is 0 Å². The molecule has 7 N–H and O–H groups in total. The Bertz CT molecular complexity index is 2230. The number of nitrogens with one attached hydrogen (secondary N) is 3. The van der Waals surface area contributed by atoms with Crippen LogP contribution in [0.4, 0.5) is 22.1 Å². The SMILES string of the molecule is Cn1nnnc1SCC1=C(C(=O)[O-])N2C(=O)C(NC(=O)C(c3ccco3)N(C(N)=O)c3cnc(Nc4ccc(S(N)(=O)=O)cc4)[nH]c3=O)[C@@H]2SC1.[Na+]. The standard InChI is InChI=1S/C27H26N12O9S3.Na/c1-37-27(34-35-36-37)50-11-12-10-49-23-17(22(42)39(23)18(12)24(43)44)32-21(41)19(16-3-2-8-48-16)38(25(28)45)15-9-30-26(33-20(15)40)31-13-4-6-14(7-5-13)51(29,46)47;/h2-9,17,19,23H,10-11H2,1H3,(H2,28,45)(H,32,41)(H,43,44)(H2,29,46,47)(H2,30,31,33,40);/q;+1/p-1/t17?,19?,23-;/m0./s1. The third kappa shape index (κ3) is 7.71. The van der Waals surface area contributed by atoms with Gasteiger partial charge in [-0.15, -0.1) is 16.9 Å². The number of anilines is 3. The summed E-state index contributed by atoms with van der Waals surface area (Å²) in [7, 11) is -2.32. The average Bonchev–Trinajstić information content (AvgIpc) is 3.76. The molecule has 2 aliphatic rings. The van der Waals surface area contributed by atoms with Gasteiger partial charge in [0.2, 0.25) is 21.1 Å². The monoisotopic (exact) mass is 780 g/mol. The van der Waals surface area contributed by atoms with Crippen LogP contribution in [0.2, 0.25) is 0 Å². The zero-order valence-electron chi connectivity index (χ0n) is 26.9. The van der Waals surface area contributed by atoms with Crippen molar-refractivity contribution < 1.29 is 66.7 Å². The van der Waals surface area contributed by atoms with E-state index >= 15 is 0 Å². The summed E-state index contributed by atoms with van der Waals surface area (Å²) >= 11 is 2.36. The van der Waals surface area contributed by atoms with Gasteiger partial charge >= 0.3 is 35.6 Å². The molecule has 4 aromatic rings. The third-order valence-electron chi connectivity index (χ3n) is 7.54. The molecule has 25 heteroatoms. The van der Waals surface area contributed by atoms with E-state index in [-0.39, 0.29) is 63.4 Å². The van der Waals surface area contributed by atoms with E-state index in [1.807, 2.05) is 0 Å². The number of primary amides is 1. The van der Waals surface area contributed by atoms with E-state index in [4.69, 9.17) is 15.3 Å². The molecule has 4 amide bonds. The van der Waals surface area contributed by atoms with Crippen LogP contribution in [0.3, 0.4) is 0 Å². The number of benzene rings is 1. The Morgan fingerprint density at radius 1 is 1.23 bits per heavy atom. The molecule has 1 saturated heterocycles. The van der Waals surface area contributed by atoms with Crippen LogP contribution in [0.5, 0.6) is 0 Å². The summed E-state index contributed by atoms with van der Waals surface area (Å²) in [6.45, 7) is 0. The number of urea groups is 1. The quantitative estimate of drug-likeness (QED) is 0.0511. The molecule has 0 saturated carbocycles. The van der Waals surface area contributed by atoms with Crippen LogP contribution in [0.25, 0.3) is 0 Å². The second-order valence-electron chi connectivity index (χ2n) is 10.8. The largest absolute Gasteiger partial charge is 1.00 e. The van der Waals surface area contributed by atoms with Crippen LogP contribution >= 0.6 is 23.5 Å². The molecule has 266 valence electrons. The normalized spacial score (nSPS) is 17.3. The van der Waals surface area contributed by atoms with Crippen LogP contribution < -0.4 is 66.6 Å². The number of H-pyrrole nitrogens is 1. The van der Waals surface area contributed by atoms with E-state index in [2.05, 4.69) is 36.1 Å². The third-order valence-corrected chi connectivity index (χ3v) is 10.9. The fourth-order valence-electron chi connectivity index (χ4n) is 5.20. The van der Waals surface area contributed by atoms with E-state index in [9.17, 15) is 37.5 Å². The molecule has 6 rings (SSSR count). The maximum Gasteiger partial charge on any atom is 1.00 e. The number of aryl methyl sites for hydroxylation is 1. The van der Waals surface area contributed by atoms with Crippen molar-refractivity contribution in [3.63, 3.8) is 0 Å². The number of nitrogens with zero attached hydrogens (tertiary/aromatic N) is 7. The number of β-lactam (4-membered cyclic amide) rings is 1. The van der Waals surface area contributed by atoms with Gasteiger partial charge in [0.05, 0.1) is 29.0 Å². The van der Waals surface area contributed by atoms with Gasteiger partial charge in [-0.25, -0.2) is 28.0 Å². The van der Waals surface area contributed by atoms with Crippen molar-refractivity contribution in [1.82, 2.24) is 40.4 Å². The summed E-state index contributed by atoms with van der Waals surface area (Å²) < 4.78 is 29.9. The van der Waals surface area contributed by atoms with E-state index in [0.717, 1.165) is 11.1 Å². The minimum Gasteiger partial charge on any atom is -0.543 e. The predicted octanol–water partition coefficient (Wildman–Crippen LogP) is -4.90. The van der Waals surface area contributed by atoms with Crippen molar-refractivity contribution in [3.05, 3.63) is 76.2 Å². The number of rotatable bonds is 12. The van der Waals surface area contributed by atoms with Gasteiger partial charge in [-0.3, -0.25) is 29.2 Å². The van der Waals surface area contributed by atoms with Crippen LogP contribution in [-0.4, -0.2) is 90.2 Å². The maximum atomic E-state index is 13.9. The number of aromatic amines is 1. The number of thioether (sulfide) groups is 2. The first-order valence-corrected chi connectivity index (χ1v) is 18.0. The van der Waals surface area contributed by atoms with Gasteiger partial charge in [-0.05, 0) is 52.4 Å². The number of sulfonamides is 1. The fourth-order valence-corrected chi connectivity index (χ4v) is 8.05. The van der Waals surface area contributed by atoms with E-state index in [1.165, 1.54) is 70.9 Å². The number of furan rings is 1. The Hall–Kier alpha value is -4.72. The molecule has 2 unspecified atom stereocenters. The summed E-state index contributed by atoms with van der Waals surface area (Å²) in [6.07, 6.45) is 2.18. The number of aliphatic carboxylic acids is 1. The zero-order valence-corrected chi connectivity index (χ0v) is 31.4. The summed E-state index contributed by atoms with van der Waals surface area (Å²) in [5.74, 6) is -3.23. The van der Waals surface area contributed by atoms with Gasteiger partial charge in [0.15, 0.2) is 6.04 Å². The molecule has 21 nitrogen and oxygen atoms in total. The Morgan fingerprint density at radius 3 is 2.54 bits per heavy atom. The average molecular weight is 781 g/mol. The fraction of sp³-hybridized carbons (Fsp3) is 0.222. The number of carboxylic acid groups (broad SMARTS) is 1. The Morgan fingerprint density at radius 2 is 1.96 bits per heavy atom. The van der Waals surface area contributed by atoms with Crippen LogP contribution in [0.1, 0.15) is 11.8 Å². The molecule has 52 heavy (non-hydrogen) atoms. The molecule has 1 fully saturated rings. The molecule has 0 aliphatic carbocycles. The Labute approximate surface area is 323 Å². The second kappa shape index (κ2) is 15.5. The summed E-state index contributed by atoms with van der Waals surface area (Å²) in [4.78, 5) is 73.6. The smallest absolute Gasteiger partial charge is 0.543 e. The second-order valence-corrected chi connectivity index (χ2v) is 14.4. The van der Waals surface area contributed by atoms with Crippen molar-refractivity contribution in [2.75, 3.05) is 21.7 Å². The van der Waals surface area contributed by atoms with Gasteiger partial charge in [-0.2, -0.15) is 0 Å². The molecular formula is C27H25N12NaO9S3. The van der Waals surface area contributed by atoms with E-state index < -0.39 is 62.5 Å². The minimum atomic E-state index is -3.94. The van der Waals surface area contributed by atoms with E-state index in [1.54, 1.807) is 7.05 Å². The topological polar surface area (TPSA) is 311 Å². The molecule has 2 aliphatic heterocycles. The van der Waals surface area contributed by atoms with Crippen LogP contribution in [0.15, 0.2) is 79.4 Å². The zero-order chi connectivity index (χ0) is 36.6. The number of amides is 4. The van der Waals surface area contributed by atoms with Crippen molar-refractivity contribution in [2.24, 2.45) is 17.9 Å². The predicted molar refractivity (Wildman–Crippen MR) is 176 cm³/mol. The molecule has 0 bridgehead atoms. The first-order valence-electron chi connectivity index (χ1n) is 14.4. The number of nitrogens with two attached hydrogens (primary N) is 2. The van der Waals surface area contributed by atoms with Gasteiger partial charge < -0.3 is 30.7 Å². The van der Waals surface area contributed by atoms with Crippen molar-refractivity contribution in [3.8, 4) is 0 Å². The number of carboxylic acids is 1. The summed E-state index contributed by atoms with van der Waals surface area (Å²) in [6, 6.07) is 3.77. The molecule has 5 heterocycles. The number of carbonyl (C=O) groups is 4. The molecule has 3 aromatic heterocycles. The Balaban J connectivity index is 0.00000523. The summed E-state index contributed by atoms with van der Waals surface area (Å²) in [5, 5.41) is 33.3. The van der Waals surface area contributed by atoms with Crippen molar-refractivity contribution in [2.45, 2.75) is 27.5 Å². The first kappa shape index (κ1) is 38.5. The van der Waals surface area contributed by atoms with E-state index in [0.29, 0.717) is 21.3 Å². The minimum absolute atomic E-state index is 0. The number of primary sulfonamides is 1. The number of hydrogen-bond donors (Lipinski definition) is 5. The molecule has 0 radical (unpaired) electrons. The number of tetrazole rings is 1. The molecule has 0 spiro atoms. The number of hydrogen-bond acceptors (Lipinski definition) is 16. The molecule has 3 atom stereocenters. The molecule has 1 aromatic carbocycles. The van der Waals surface area contributed by atoms with Gasteiger partial charge in [0, 0.05) is 24.2 Å². The molecular weight excluding hydrogens is 756 g/mol. The number of aromatic nitrogens is 6. The Kier molecular flexibility index (Phi) is 11.5. The number of carbonyl (C=O) groups excluding carboxylic acids is 4.